The quantitative estimate of drug-likeness (QED) is 0.0156. The number of esters is 1. The Labute approximate surface area is 414 Å². The van der Waals surface area contributed by atoms with Crippen molar-refractivity contribution in [2.75, 3.05) is 18.2 Å². The van der Waals surface area contributed by atoms with Crippen LogP contribution in [0.25, 0.3) is 0 Å². The van der Waals surface area contributed by atoms with Crippen LogP contribution in [0.15, 0.2) is 200 Å². The molecule has 2 amide bonds. The monoisotopic (exact) mass is 988 g/mol. The molecule has 15 nitrogen and oxygen atoms in total. The Kier molecular flexibility index (Phi) is 14.3. The molecule has 9 rings (SSSR count). The van der Waals surface area contributed by atoms with Gasteiger partial charge in [-0.15, -0.1) is 28.2 Å². The largest absolute Gasteiger partial charge is 0.448 e. The molecule has 2 aromatic heterocycles. The number of carbonyl (C=O) groups excluding carboxylic acids is 3. The lowest BCUT2D eigenvalue weighted by molar-refractivity contribution is -0.154. The van der Waals surface area contributed by atoms with Crippen molar-refractivity contribution in [1.29, 1.82) is 0 Å². The molecule has 2 aliphatic heterocycles. The van der Waals surface area contributed by atoms with E-state index in [9.17, 15) is 24.0 Å². The number of ether oxygens (including phenoxy) is 1. The van der Waals surface area contributed by atoms with Crippen molar-refractivity contribution in [2.24, 2.45) is 5.16 Å². The summed E-state index contributed by atoms with van der Waals surface area (Å²) in [5, 5.41) is 20.3. The third-order valence-corrected chi connectivity index (χ3v) is 14.5. The van der Waals surface area contributed by atoms with Crippen molar-refractivity contribution < 1.29 is 24.0 Å². The summed E-state index contributed by atoms with van der Waals surface area (Å²) >= 11 is 3.68. The average molecular weight is 989 g/mol. The molecule has 5 aromatic carbocycles. The van der Waals surface area contributed by atoms with Crippen molar-refractivity contribution in [1.82, 2.24) is 30.0 Å². The zero-order valence-electron chi connectivity index (χ0n) is 37.6. The molecule has 0 bridgehead atoms. The van der Waals surface area contributed by atoms with Gasteiger partial charge in [0.2, 0.25) is 0 Å². The molecule has 0 radical (unpaired) electrons. The fourth-order valence-electron chi connectivity index (χ4n) is 8.36. The number of allylic oxidation sites excluding steroid dienone is 1. The molecule has 2 unspecified atom stereocenters. The Bertz CT molecular complexity index is 3090. The molecule has 0 saturated carbocycles. The van der Waals surface area contributed by atoms with Crippen molar-refractivity contribution in [2.45, 2.75) is 41.7 Å². The zero-order chi connectivity index (χ0) is 48.6. The lowest BCUT2D eigenvalue weighted by atomic mass is 9.77. The molecule has 7 aromatic rings. The average Bonchev–Trinajstić information content (AvgIpc) is 3.87. The van der Waals surface area contributed by atoms with Crippen LogP contribution in [0.1, 0.15) is 46.5 Å². The summed E-state index contributed by atoms with van der Waals surface area (Å²) in [6, 6.07) is 47.6. The van der Waals surface area contributed by atoms with E-state index in [0.717, 1.165) is 39.6 Å². The zero-order valence-corrected chi connectivity index (χ0v) is 40.1. The van der Waals surface area contributed by atoms with E-state index < -0.39 is 52.0 Å². The maximum atomic E-state index is 14.6. The number of nitrogens with zero attached hydrogens (tertiary/aromatic N) is 5. The molecule has 2 atom stereocenters. The summed E-state index contributed by atoms with van der Waals surface area (Å²) in [5.74, 6) is -1.79. The molecule has 4 heterocycles. The van der Waals surface area contributed by atoms with Gasteiger partial charge in [-0.3, -0.25) is 28.6 Å². The number of benzene rings is 5. The molecule has 2 aliphatic rings. The molecular weight excluding hydrogens is 945 g/mol. The number of thioether (sulfide) groups is 2. The second-order valence-electron chi connectivity index (χ2n) is 15.8. The van der Waals surface area contributed by atoms with Crippen LogP contribution in [0.4, 0.5) is 5.13 Å². The minimum absolute atomic E-state index is 0.00463. The Morgan fingerprint density at radius 3 is 1.96 bits per heavy atom. The number of amides is 2. The summed E-state index contributed by atoms with van der Waals surface area (Å²) < 4.78 is 7.55. The third kappa shape index (κ3) is 9.48. The highest BCUT2D eigenvalue weighted by atomic mass is 32.2. The van der Waals surface area contributed by atoms with E-state index in [-0.39, 0.29) is 34.6 Å². The number of anilines is 1. The minimum atomic E-state index is -1.07. The van der Waals surface area contributed by atoms with Gasteiger partial charge < -0.3 is 20.2 Å². The standard InChI is InChI=1S/C52H44N8O7S3/c1-3-59-47(64)45(62)56-57-51(59)68-30-29-35-31-69-48-41(46(63)60(48)42(35)49(65)67-43(33-19-9-4-10-20-33)34-21-11-5-12-22-34)54-44(61)40(58-66-2)39-32-70-50(53-39)55-52(36-23-13-6-14-24-36,37-25-15-7-16-26-37)38-27-17-8-18-28-38/h4-30,32,41,43,48H,3,31H2,1-2H3,(H,53,55)(H,54,61)(H,56,62). The normalized spacial score (nSPS) is 15.9. The molecule has 1 saturated heterocycles. The lowest BCUT2D eigenvalue weighted by Gasteiger charge is -2.49. The second-order valence-corrected chi connectivity index (χ2v) is 18.6. The van der Waals surface area contributed by atoms with Crippen molar-refractivity contribution >= 4 is 63.5 Å². The molecule has 0 spiro atoms. The predicted molar refractivity (Wildman–Crippen MR) is 271 cm³/mol. The summed E-state index contributed by atoms with van der Waals surface area (Å²) in [6.45, 7) is 1.92. The van der Waals surface area contributed by atoms with E-state index in [1.807, 2.05) is 115 Å². The highest BCUT2D eigenvalue weighted by molar-refractivity contribution is 8.02. The SMILES string of the molecule is CCn1c(SC=CC2=C(C(=O)OC(c3ccccc3)c3ccccc3)N3C(=O)C(NC(=O)C(=NOC)c4csc(NC(c5ccccc5)(c5ccccc5)c5ccccc5)n4)C3SC2)n[nH]c(=O)c1=O. The lowest BCUT2D eigenvalue weighted by Crippen LogP contribution is -2.71. The Hall–Kier alpha value is -7.80. The highest BCUT2D eigenvalue weighted by Gasteiger charge is 2.55. The van der Waals surface area contributed by atoms with Gasteiger partial charge in [-0.25, -0.2) is 14.9 Å². The van der Waals surface area contributed by atoms with Gasteiger partial charge in [0.05, 0.1) is 0 Å². The number of nitrogens with one attached hydrogen (secondary N) is 3. The third-order valence-electron chi connectivity index (χ3n) is 11.6. The van der Waals surface area contributed by atoms with Gasteiger partial charge in [-0.1, -0.05) is 169 Å². The first-order valence-electron chi connectivity index (χ1n) is 22.1. The first kappa shape index (κ1) is 47.3. The van der Waals surface area contributed by atoms with Gasteiger partial charge in [0.1, 0.15) is 35.5 Å². The number of carbonyl (C=O) groups is 3. The van der Waals surface area contributed by atoms with E-state index in [2.05, 4.69) is 62.4 Å². The topological polar surface area (TPSA) is 190 Å². The van der Waals surface area contributed by atoms with Crippen molar-refractivity contribution in [3.63, 3.8) is 0 Å². The Morgan fingerprint density at radius 2 is 1.41 bits per heavy atom. The van der Waals surface area contributed by atoms with Gasteiger partial charge in [0.15, 0.2) is 22.1 Å². The van der Waals surface area contributed by atoms with Crippen LogP contribution in [0.2, 0.25) is 0 Å². The van der Waals surface area contributed by atoms with Gasteiger partial charge in [-0.2, -0.15) is 0 Å². The molecule has 18 heteroatoms. The van der Waals surface area contributed by atoms with E-state index in [4.69, 9.17) is 14.6 Å². The number of aromatic amines is 1. The number of β-lactam (4-membered cyclic amide) rings is 1. The number of fused-ring (bicyclic) bond motifs is 1. The van der Waals surface area contributed by atoms with E-state index >= 15 is 0 Å². The summed E-state index contributed by atoms with van der Waals surface area (Å²) in [7, 11) is 1.32. The van der Waals surface area contributed by atoms with Crippen molar-refractivity contribution in [3.05, 3.63) is 234 Å². The molecule has 3 N–H and O–H groups in total. The van der Waals surface area contributed by atoms with E-state index in [1.165, 1.54) is 39.7 Å². The number of aromatic nitrogens is 4. The minimum Gasteiger partial charge on any atom is -0.448 e. The number of hydrogen-bond donors (Lipinski definition) is 3. The van der Waals surface area contributed by atoms with E-state index in [0.29, 0.717) is 10.7 Å². The Balaban J connectivity index is 1.00. The summed E-state index contributed by atoms with van der Waals surface area (Å²) in [6.07, 6.45) is 0.829. The summed E-state index contributed by atoms with van der Waals surface area (Å²) in [4.78, 5) is 79.2. The second kappa shape index (κ2) is 21.2. The first-order valence-corrected chi connectivity index (χ1v) is 24.9. The molecule has 0 aliphatic carbocycles. The number of thiazole rings is 1. The number of rotatable bonds is 17. The fourth-order valence-corrected chi connectivity index (χ4v) is 11.2. The fraction of sp³-hybridized carbons (Fsp3) is 0.154. The van der Waals surface area contributed by atoms with Crippen LogP contribution in [0.3, 0.4) is 0 Å². The molecular formula is C52H44N8O7S3. The maximum Gasteiger partial charge on any atom is 0.356 e. The smallest absolute Gasteiger partial charge is 0.356 e. The van der Waals surface area contributed by atoms with Crippen LogP contribution in [-0.4, -0.2) is 72.4 Å². The first-order chi connectivity index (χ1) is 34.2. The molecule has 1 fully saturated rings. The van der Waals surface area contributed by atoms with Gasteiger partial charge >= 0.3 is 17.1 Å². The van der Waals surface area contributed by atoms with Gasteiger partial charge in [0.25, 0.3) is 11.8 Å². The number of hydrogen-bond acceptors (Lipinski definition) is 14. The van der Waals surface area contributed by atoms with Crippen LogP contribution in [0.5, 0.6) is 0 Å². The summed E-state index contributed by atoms with van der Waals surface area (Å²) in [5.41, 5.74) is 2.34. The van der Waals surface area contributed by atoms with Crippen LogP contribution >= 0.6 is 34.9 Å². The number of oxime groups is 1. The van der Waals surface area contributed by atoms with Crippen LogP contribution in [-0.2, 0) is 36.0 Å². The maximum absolute atomic E-state index is 14.6. The van der Waals surface area contributed by atoms with Gasteiger partial charge in [0, 0.05) is 17.7 Å². The van der Waals surface area contributed by atoms with Crippen LogP contribution < -0.4 is 21.8 Å². The Morgan fingerprint density at radius 1 is 0.857 bits per heavy atom. The predicted octanol–water partition coefficient (Wildman–Crippen LogP) is 7.46. The molecule has 352 valence electrons. The molecule has 70 heavy (non-hydrogen) atoms. The van der Waals surface area contributed by atoms with E-state index in [1.54, 1.807) is 23.8 Å². The highest BCUT2D eigenvalue weighted by Crippen LogP contribution is 2.43. The van der Waals surface area contributed by atoms with Crippen LogP contribution in [0, 0.1) is 0 Å². The number of H-pyrrole nitrogens is 1. The van der Waals surface area contributed by atoms with Crippen molar-refractivity contribution in [3.8, 4) is 0 Å². The van der Waals surface area contributed by atoms with Gasteiger partial charge in [-0.05, 0) is 51.8 Å².